The summed E-state index contributed by atoms with van der Waals surface area (Å²) in [5.41, 5.74) is 2.30. The van der Waals surface area contributed by atoms with Gasteiger partial charge in [0, 0.05) is 0 Å². The molecule has 1 aromatic heterocycles. The fourth-order valence-electron chi connectivity index (χ4n) is 2.27. The van der Waals surface area contributed by atoms with E-state index in [-0.39, 0.29) is 6.61 Å². The van der Waals surface area contributed by atoms with Crippen molar-refractivity contribution in [2.45, 2.75) is 47.1 Å². The van der Waals surface area contributed by atoms with Gasteiger partial charge in [-0.3, -0.25) is 4.68 Å². The number of hydrogen-bond donors (Lipinski definition) is 1. The third-order valence-electron chi connectivity index (χ3n) is 3.20. The van der Waals surface area contributed by atoms with Crippen LogP contribution in [0.15, 0.2) is 18.2 Å². The Balaban J connectivity index is 0.000000970. The molecule has 0 saturated heterocycles. The second kappa shape index (κ2) is 10.1. The van der Waals surface area contributed by atoms with Crippen LogP contribution >= 0.6 is 0 Å². The summed E-state index contributed by atoms with van der Waals surface area (Å²) in [6.07, 6.45) is 1.94. The molecule has 0 spiro atoms. The van der Waals surface area contributed by atoms with Crippen LogP contribution in [0.2, 0.25) is 0 Å². The van der Waals surface area contributed by atoms with Crippen molar-refractivity contribution in [3.05, 3.63) is 40.7 Å². The first-order valence-electron chi connectivity index (χ1n) is 8.34. The molecule has 0 amide bonds. The third kappa shape index (κ3) is 5.34. The van der Waals surface area contributed by atoms with Gasteiger partial charge in [0.1, 0.15) is 11.4 Å². The van der Waals surface area contributed by atoms with E-state index in [1.807, 2.05) is 26.0 Å². The Morgan fingerprint density at radius 1 is 1.12 bits per heavy atom. The van der Waals surface area contributed by atoms with E-state index in [4.69, 9.17) is 20.4 Å². The standard InChI is InChI=1S/C16H16N4O2.C3H8/c1-3-15-16(11(2)19-20(15)4-5-21)22-14-7-12(9-17)6-13(8-14)10-18;1-3-2/h6-8,21H,3-5H2,1-2H3;3H2,1-2H3. The Morgan fingerprint density at radius 2 is 1.68 bits per heavy atom. The van der Waals surface area contributed by atoms with Gasteiger partial charge >= 0.3 is 0 Å². The summed E-state index contributed by atoms with van der Waals surface area (Å²) < 4.78 is 7.59. The van der Waals surface area contributed by atoms with E-state index in [2.05, 4.69) is 18.9 Å². The second-order valence-corrected chi connectivity index (χ2v) is 5.44. The molecule has 25 heavy (non-hydrogen) atoms. The Bertz CT molecular complexity index is 750. The topological polar surface area (TPSA) is 94.9 Å². The largest absolute Gasteiger partial charge is 0.453 e. The average molecular weight is 340 g/mol. The number of ether oxygens (including phenoxy) is 1. The summed E-state index contributed by atoms with van der Waals surface area (Å²) >= 11 is 0. The van der Waals surface area contributed by atoms with Gasteiger partial charge in [0.05, 0.1) is 42.1 Å². The molecule has 0 radical (unpaired) electrons. The van der Waals surface area contributed by atoms with Gasteiger partial charge in [-0.25, -0.2) is 0 Å². The average Bonchev–Trinajstić information content (AvgIpc) is 2.90. The molecule has 2 rings (SSSR count). The van der Waals surface area contributed by atoms with Crippen LogP contribution in [0, 0.1) is 29.6 Å². The number of nitrogens with zero attached hydrogens (tertiary/aromatic N) is 4. The van der Waals surface area contributed by atoms with Crippen molar-refractivity contribution in [3.8, 4) is 23.6 Å². The summed E-state index contributed by atoms with van der Waals surface area (Å²) in [6, 6.07) is 8.71. The molecule has 1 heterocycles. The number of hydrogen-bond acceptors (Lipinski definition) is 5. The van der Waals surface area contributed by atoms with E-state index in [1.54, 1.807) is 16.8 Å². The smallest absolute Gasteiger partial charge is 0.171 e. The molecule has 132 valence electrons. The van der Waals surface area contributed by atoms with Crippen LogP contribution in [0.5, 0.6) is 11.5 Å². The van der Waals surface area contributed by atoms with Crippen molar-refractivity contribution in [3.63, 3.8) is 0 Å². The normalized spacial score (nSPS) is 9.56. The molecule has 0 atom stereocenters. The van der Waals surface area contributed by atoms with Gasteiger partial charge in [-0.2, -0.15) is 15.6 Å². The van der Waals surface area contributed by atoms with E-state index in [9.17, 15) is 0 Å². The summed E-state index contributed by atoms with van der Waals surface area (Å²) in [4.78, 5) is 0. The zero-order valence-electron chi connectivity index (χ0n) is 15.2. The number of nitriles is 2. The van der Waals surface area contributed by atoms with Crippen LogP contribution in [0.4, 0.5) is 0 Å². The summed E-state index contributed by atoms with van der Waals surface area (Å²) in [6.45, 7) is 8.44. The first kappa shape index (κ1) is 20.2. The van der Waals surface area contributed by atoms with Crippen molar-refractivity contribution in [2.75, 3.05) is 6.61 Å². The van der Waals surface area contributed by atoms with Crippen molar-refractivity contribution in [1.82, 2.24) is 9.78 Å². The van der Waals surface area contributed by atoms with Gasteiger partial charge in [0.15, 0.2) is 5.75 Å². The molecule has 0 unspecified atom stereocenters. The van der Waals surface area contributed by atoms with Gasteiger partial charge < -0.3 is 9.84 Å². The molecular weight excluding hydrogens is 316 g/mol. The molecular formula is C19H24N4O2. The van der Waals surface area contributed by atoms with Crippen molar-refractivity contribution < 1.29 is 9.84 Å². The lowest BCUT2D eigenvalue weighted by Crippen LogP contribution is -2.07. The number of aromatic nitrogens is 2. The quantitative estimate of drug-likeness (QED) is 0.895. The van der Waals surface area contributed by atoms with Crippen molar-refractivity contribution in [1.29, 1.82) is 10.5 Å². The second-order valence-electron chi connectivity index (χ2n) is 5.44. The molecule has 1 N–H and O–H groups in total. The SMILES string of the molecule is CCC.CCc1c(Oc2cc(C#N)cc(C#N)c2)c(C)nn1CCO. The first-order chi connectivity index (χ1) is 12.0. The fourth-order valence-corrected chi connectivity index (χ4v) is 2.27. The molecule has 0 aliphatic heterocycles. The number of benzene rings is 1. The molecule has 0 aliphatic rings. The lowest BCUT2D eigenvalue weighted by Gasteiger charge is -2.09. The van der Waals surface area contributed by atoms with Crippen LogP contribution < -0.4 is 4.74 Å². The minimum atomic E-state index is -0.00391. The summed E-state index contributed by atoms with van der Waals surface area (Å²) in [5.74, 6) is 1.03. The first-order valence-corrected chi connectivity index (χ1v) is 8.34. The highest BCUT2D eigenvalue weighted by Crippen LogP contribution is 2.30. The predicted molar refractivity (Wildman–Crippen MR) is 95.3 cm³/mol. The van der Waals surface area contributed by atoms with Gasteiger partial charge in [-0.15, -0.1) is 0 Å². The highest BCUT2D eigenvalue weighted by molar-refractivity contribution is 5.47. The zero-order chi connectivity index (χ0) is 18.8. The summed E-state index contributed by atoms with van der Waals surface area (Å²) in [5, 5.41) is 31.5. The van der Waals surface area contributed by atoms with E-state index < -0.39 is 0 Å². The van der Waals surface area contributed by atoms with Gasteiger partial charge in [-0.1, -0.05) is 27.2 Å². The fraction of sp³-hybridized carbons (Fsp3) is 0.421. The van der Waals surface area contributed by atoms with Crippen LogP contribution in [0.25, 0.3) is 0 Å². The molecule has 6 nitrogen and oxygen atoms in total. The molecule has 0 aliphatic carbocycles. The van der Waals surface area contributed by atoms with E-state index in [0.717, 1.165) is 5.69 Å². The maximum absolute atomic E-state index is 9.09. The Kier molecular flexibility index (Phi) is 8.18. The van der Waals surface area contributed by atoms with Crippen LogP contribution in [0.1, 0.15) is 49.7 Å². The highest BCUT2D eigenvalue weighted by Gasteiger charge is 2.16. The van der Waals surface area contributed by atoms with Gasteiger partial charge in [0.25, 0.3) is 0 Å². The molecule has 6 heteroatoms. The number of aryl methyl sites for hydroxylation is 1. The van der Waals surface area contributed by atoms with E-state index in [0.29, 0.717) is 41.3 Å². The van der Waals surface area contributed by atoms with Crippen molar-refractivity contribution in [2.24, 2.45) is 0 Å². The van der Waals surface area contributed by atoms with Crippen LogP contribution in [-0.2, 0) is 13.0 Å². The molecule has 1 aromatic carbocycles. The maximum Gasteiger partial charge on any atom is 0.171 e. The van der Waals surface area contributed by atoms with Crippen LogP contribution in [0.3, 0.4) is 0 Å². The number of aliphatic hydroxyl groups excluding tert-OH is 1. The van der Waals surface area contributed by atoms with Crippen LogP contribution in [-0.4, -0.2) is 21.5 Å². The van der Waals surface area contributed by atoms with E-state index >= 15 is 0 Å². The zero-order valence-corrected chi connectivity index (χ0v) is 15.2. The van der Waals surface area contributed by atoms with Gasteiger partial charge in [0.2, 0.25) is 0 Å². The maximum atomic E-state index is 9.09. The monoisotopic (exact) mass is 340 g/mol. The Labute approximate surface area is 148 Å². The summed E-state index contributed by atoms with van der Waals surface area (Å²) in [7, 11) is 0. The predicted octanol–water partition coefficient (Wildman–Crippen LogP) is 3.70. The van der Waals surface area contributed by atoms with Crippen molar-refractivity contribution >= 4 is 0 Å². The molecule has 2 aromatic rings. The lowest BCUT2D eigenvalue weighted by molar-refractivity contribution is 0.267. The molecule has 0 saturated carbocycles. The highest BCUT2D eigenvalue weighted by atomic mass is 16.5. The number of rotatable bonds is 5. The third-order valence-corrected chi connectivity index (χ3v) is 3.20. The Morgan fingerprint density at radius 3 is 2.12 bits per heavy atom. The van der Waals surface area contributed by atoms with Gasteiger partial charge in [-0.05, 0) is 31.5 Å². The minimum Gasteiger partial charge on any atom is -0.453 e. The Hall–Kier alpha value is -2.83. The minimum absolute atomic E-state index is 0.00391. The lowest BCUT2D eigenvalue weighted by atomic mass is 10.1. The molecule has 0 fully saturated rings. The molecule has 0 bridgehead atoms. The number of aliphatic hydroxyl groups is 1. The van der Waals surface area contributed by atoms with E-state index in [1.165, 1.54) is 12.5 Å².